The molecule has 0 saturated carbocycles. The van der Waals surface area contributed by atoms with Gasteiger partial charge in [-0.25, -0.2) is 0 Å². The minimum absolute atomic E-state index is 0.163. The molecule has 1 fully saturated rings. The molecule has 1 aliphatic rings. The number of benzene rings is 2. The van der Waals surface area contributed by atoms with Crippen molar-refractivity contribution in [3.05, 3.63) is 71.6 Å². The standard InChI is InChI=1S/C23H23N3O3/c1-29-18-9-10-20-19(14-18)17(15-24-20)13-21(23(28)26-11-5-6-12-26)25-22(27)16-7-3-2-4-8-16/h2-4,7-10,13-15,24H,5-6,11-12H2,1H3,(H,25,27)/b21-13-. The number of carbonyl (C=O) groups is 2. The highest BCUT2D eigenvalue weighted by Gasteiger charge is 2.23. The van der Waals surface area contributed by atoms with Gasteiger partial charge < -0.3 is 19.9 Å². The third-order valence-corrected chi connectivity index (χ3v) is 5.13. The van der Waals surface area contributed by atoms with E-state index in [0.717, 1.165) is 35.1 Å². The van der Waals surface area contributed by atoms with Crippen molar-refractivity contribution < 1.29 is 14.3 Å². The van der Waals surface area contributed by atoms with Crippen molar-refractivity contribution >= 4 is 28.8 Å². The van der Waals surface area contributed by atoms with E-state index in [9.17, 15) is 9.59 Å². The molecule has 29 heavy (non-hydrogen) atoms. The predicted molar refractivity (Wildman–Crippen MR) is 113 cm³/mol. The summed E-state index contributed by atoms with van der Waals surface area (Å²) in [7, 11) is 1.62. The Bertz CT molecular complexity index is 1060. The monoisotopic (exact) mass is 389 g/mol. The molecule has 0 atom stereocenters. The number of carbonyl (C=O) groups excluding carboxylic acids is 2. The molecule has 0 spiro atoms. The summed E-state index contributed by atoms with van der Waals surface area (Å²) in [4.78, 5) is 30.8. The van der Waals surface area contributed by atoms with E-state index in [4.69, 9.17) is 4.74 Å². The average Bonchev–Trinajstić information content (AvgIpc) is 3.43. The lowest BCUT2D eigenvalue weighted by atomic mass is 10.1. The van der Waals surface area contributed by atoms with E-state index in [1.165, 1.54) is 0 Å². The van der Waals surface area contributed by atoms with Gasteiger partial charge in [-0.05, 0) is 49.2 Å². The molecule has 6 nitrogen and oxygen atoms in total. The van der Waals surface area contributed by atoms with Crippen LogP contribution in [-0.2, 0) is 4.79 Å². The average molecular weight is 389 g/mol. The van der Waals surface area contributed by atoms with Crippen LogP contribution in [0.2, 0.25) is 0 Å². The Balaban J connectivity index is 1.71. The summed E-state index contributed by atoms with van der Waals surface area (Å²) >= 11 is 0. The fourth-order valence-electron chi connectivity index (χ4n) is 3.55. The van der Waals surface area contributed by atoms with E-state index in [1.807, 2.05) is 30.5 Å². The highest BCUT2D eigenvalue weighted by Crippen LogP contribution is 2.25. The van der Waals surface area contributed by atoms with Crippen LogP contribution >= 0.6 is 0 Å². The smallest absolute Gasteiger partial charge is 0.270 e. The molecule has 2 heterocycles. The van der Waals surface area contributed by atoms with Gasteiger partial charge in [0.25, 0.3) is 11.8 Å². The molecule has 148 valence electrons. The first-order valence-corrected chi connectivity index (χ1v) is 9.68. The van der Waals surface area contributed by atoms with Gasteiger partial charge in [0.05, 0.1) is 7.11 Å². The second-order valence-corrected chi connectivity index (χ2v) is 7.03. The summed E-state index contributed by atoms with van der Waals surface area (Å²) in [6.45, 7) is 1.41. The lowest BCUT2D eigenvalue weighted by molar-refractivity contribution is -0.126. The van der Waals surface area contributed by atoms with Crippen molar-refractivity contribution in [2.45, 2.75) is 12.8 Å². The zero-order chi connectivity index (χ0) is 20.2. The largest absolute Gasteiger partial charge is 0.497 e. The summed E-state index contributed by atoms with van der Waals surface area (Å²) in [6, 6.07) is 14.6. The van der Waals surface area contributed by atoms with E-state index < -0.39 is 0 Å². The summed E-state index contributed by atoms with van der Waals surface area (Å²) in [5.74, 6) is 0.262. The molecule has 1 aromatic heterocycles. The van der Waals surface area contributed by atoms with Crippen LogP contribution in [-0.4, -0.2) is 41.9 Å². The van der Waals surface area contributed by atoms with Crippen LogP contribution in [0.1, 0.15) is 28.8 Å². The van der Waals surface area contributed by atoms with Crippen LogP contribution in [0.5, 0.6) is 5.75 Å². The normalized spacial score (nSPS) is 14.2. The number of nitrogens with one attached hydrogen (secondary N) is 2. The Labute approximate surface area is 169 Å². The number of likely N-dealkylation sites (tertiary alicyclic amines) is 1. The molecule has 6 heteroatoms. The van der Waals surface area contributed by atoms with Gasteiger partial charge in [0.15, 0.2) is 0 Å². The fourth-order valence-corrected chi connectivity index (χ4v) is 3.55. The van der Waals surface area contributed by atoms with E-state index >= 15 is 0 Å². The second kappa shape index (κ2) is 8.22. The number of aromatic nitrogens is 1. The number of H-pyrrole nitrogens is 1. The van der Waals surface area contributed by atoms with Crippen LogP contribution in [0.3, 0.4) is 0 Å². The van der Waals surface area contributed by atoms with E-state index in [0.29, 0.717) is 18.7 Å². The molecule has 2 aromatic carbocycles. The fraction of sp³-hybridized carbons (Fsp3) is 0.217. The Morgan fingerprint density at radius 1 is 1.10 bits per heavy atom. The maximum absolute atomic E-state index is 13.1. The minimum Gasteiger partial charge on any atom is -0.497 e. The number of hydrogen-bond donors (Lipinski definition) is 2. The molecule has 3 aromatic rings. The molecule has 1 saturated heterocycles. The summed E-state index contributed by atoms with van der Waals surface area (Å²) in [6.07, 6.45) is 5.53. The Morgan fingerprint density at radius 2 is 1.86 bits per heavy atom. The molecule has 1 aliphatic heterocycles. The first-order valence-electron chi connectivity index (χ1n) is 9.68. The van der Waals surface area contributed by atoms with E-state index in [2.05, 4.69) is 10.3 Å². The molecule has 2 amide bonds. The topological polar surface area (TPSA) is 74.4 Å². The molecule has 4 rings (SSSR count). The zero-order valence-corrected chi connectivity index (χ0v) is 16.3. The first kappa shape index (κ1) is 18.8. The van der Waals surface area contributed by atoms with Crippen LogP contribution in [0.15, 0.2) is 60.4 Å². The van der Waals surface area contributed by atoms with Crippen molar-refractivity contribution in [1.82, 2.24) is 15.2 Å². The number of hydrogen-bond acceptors (Lipinski definition) is 3. The Kier molecular flexibility index (Phi) is 5.33. The van der Waals surface area contributed by atoms with Gasteiger partial charge in [-0.15, -0.1) is 0 Å². The summed E-state index contributed by atoms with van der Waals surface area (Å²) in [5, 5.41) is 3.75. The molecule has 0 aliphatic carbocycles. The third kappa shape index (κ3) is 4.01. The van der Waals surface area contributed by atoms with E-state index in [1.54, 1.807) is 42.4 Å². The molecular weight excluding hydrogens is 366 g/mol. The quantitative estimate of drug-likeness (QED) is 0.655. The predicted octanol–water partition coefficient (Wildman–Crippen LogP) is 3.57. The second-order valence-electron chi connectivity index (χ2n) is 7.03. The van der Waals surface area contributed by atoms with Crippen LogP contribution < -0.4 is 10.1 Å². The summed E-state index contributed by atoms with van der Waals surface area (Å²) in [5.41, 5.74) is 2.52. The van der Waals surface area contributed by atoms with Gasteiger partial charge >= 0.3 is 0 Å². The number of aromatic amines is 1. The third-order valence-electron chi connectivity index (χ3n) is 5.13. The lowest BCUT2D eigenvalue weighted by Gasteiger charge is -2.18. The molecule has 0 unspecified atom stereocenters. The van der Waals surface area contributed by atoms with Crippen molar-refractivity contribution in [1.29, 1.82) is 0 Å². The molecule has 2 N–H and O–H groups in total. The Hall–Kier alpha value is -3.54. The first-order chi connectivity index (χ1) is 14.2. The number of ether oxygens (including phenoxy) is 1. The molecular formula is C23H23N3O3. The van der Waals surface area contributed by atoms with Crippen LogP contribution in [0.4, 0.5) is 0 Å². The maximum atomic E-state index is 13.1. The minimum atomic E-state index is -0.304. The van der Waals surface area contributed by atoms with Gasteiger partial charge in [-0.1, -0.05) is 18.2 Å². The highest BCUT2D eigenvalue weighted by molar-refractivity contribution is 6.06. The lowest BCUT2D eigenvalue weighted by Crippen LogP contribution is -2.36. The van der Waals surface area contributed by atoms with Gasteiger partial charge in [0, 0.05) is 41.3 Å². The number of methoxy groups -OCH3 is 1. The Morgan fingerprint density at radius 3 is 2.59 bits per heavy atom. The van der Waals surface area contributed by atoms with Crippen molar-refractivity contribution in [2.24, 2.45) is 0 Å². The van der Waals surface area contributed by atoms with Crippen molar-refractivity contribution in [2.75, 3.05) is 20.2 Å². The van der Waals surface area contributed by atoms with Crippen LogP contribution in [0, 0.1) is 0 Å². The van der Waals surface area contributed by atoms with E-state index in [-0.39, 0.29) is 17.5 Å². The highest BCUT2D eigenvalue weighted by atomic mass is 16.5. The van der Waals surface area contributed by atoms with Crippen LogP contribution in [0.25, 0.3) is 17.0 Å². The SMILES string of the molecule is COc1ccc2[nH]cc(/C=C(\NC(=O)c3ccccc3)C(=O)N3CCCC3)c2c1. The maximum Gasteiger partial charge on any atom is 0.270 e. The number of rotatable bonds is 5. The zero-order valence-electron chi connectivity index (χ0n) is 16.3. The number of fused-ring (bicyclic) bond motifs is 1. The van der Waals surface area contributed by atoms with Gasteiger partial charge in [0.2, 0.25) is 0 Å². The van der Waals surface area contributed by atoms with Gasteiger partial charge in [-0.2, -0.15) is 0 Å². The summed E-state index contributed by atoms with van der Waals surface area (Å²) < 4.78 is 5.32. The van der Waals surface area contributed by atoms with Crippen molar-refractivity contribution in [3.63, 3.8) is 0 Å². The molecule has 0 radical (unpaired) electrons. The van der Waals surface area contributed by atoms with Gasteiger partial charge in [-0.3, -0.25) is 9.59 Å². The number of nitrogens with zero attached hydrogens (tertiary/aromatic N) is 1. The number of amides is 2. The van der Waals surface area contributed by atoms with Gasteiger partial charge in [0.1, 0.15) is 11.4 Å². The molecule has 0 bridgehead atoms. The van der Waals surface area contributed by atoms with Crippen molar-refractivity contribution in [3.8, 4) is 5.75 Å².